The summed E-state index contributed by atoms with van der Waals surface area (Å²) in [5, 5.41) is 17.4. The standard InChI is InChI=1S/C35H38N6O4/c1-22-16-28(42)17-23(2)29(22)18-30-34(44)39(20-27-13-8-12-26-14-9-15-36-32(26)27)24(3)33-40(30)31(43)21-38(4)41(33)35(45)37-19-25-10-6-5-7-11-25/h5-17,24,30,33,42H,18-21H2,1-4H3,(H,37,45). The predicted molar refractivity (Wildman–Crippen MR) is 171 cm³/mol. The van der Waals surface area contributed by atoms with E-state index in [0.717, 1.165) is 38.7 Å². The Morgan fingerprint density at radius 3 is 2.44 bits per heavy atom. The van der Waals surface area contributed by atoms with E-state index in [0.29, 0.717) is 6.54 Å². The number of nitrogens with zero attached hydrogens (tertiary/aromatic N) is 5. The third kappa shape index (κ3) is 5.69. The quantitative estimate of drug-likeness (QED) is 0.342. The van der Waals surface area contributed by atoms with Gasteiger partial charge in [0, 0.05) is 38.1 Å². The lowest BCUT2D eigenvalue weighted by molar-refractivity contribution is -0.196. The molecular formula is C35H38N6O4. The highest BCUT2D eigenvalue weighted by Crippen LogP contribution is 2.34. The van der Waals surface area contributed by atoms with Crippen LogP contribution in [-0.2, 0) is 29.1 Å². The van der Waals surface area contributed by atoms with Crippen molar-refractivity contribution in [2.45, 2.75) is 58.5 Å². The van der Waals surface area contributed by atoms with Gasteiger partial charge in [-0.25, -0.2) is 14.8 Å². The maximum absolute atomic E-state index is 14.6. The van der Waals surface area contributed by atoms with Crippen molar-refractivity contribution < 1.29 is 19.5 Å². The van der Waals surface area contributed by atoms with Crippen molar-refractivity contribution in [2.75, 3.05) is 13.6 Å². The lowest BCUT2D eigenvalue weighted by atomic mass is 9.91. The van der Waals surface area contributed by atoms with Gasteiger partial charge in [-0.2, -0.15) is 0 Å². The van der Waals surface area contributed by atoms with Gasteiger partial charge in [-0.3, -0.25) is 14.6 Å². The van der Waals surface area contributed by atoms with Crippen molar-refractivity contribution in [3.8, 4) is 5.75 Å². The molecule has 0 spiro atoms. The summed E-state index contributed by atoms with van der Waals surface area (Å²) in [7, 11) is 1.72. The lowest BCUT2D eigenvalue weighted by Crippen LogP contribution is -2.78. The van der Waals surface area contributed by atoms with Gasteiger partial charge >= 0.3 is 6.03 Å². The molecule has 6 rings (SSSR count). The molecule has 1 aromatic heterocycles. The zero-order valence-corrected chi connectivity index (χ0v) is 26.0. The van der Waals surface area contributed by atoms with Gasteiger partial charge in [0.1, 0.15) is 18.0 Å². The number of aromatic hydroxyl groups is 1. The monoisotopic (exact) mass is 606 g/mol. The Bertz CT molecular complexity index is 1730. The number of aromatic nitrogens is 1. The minimum absolute atomic E-state index is 0.0491. The Morgan fingerprint density at radius 1 is 1.00 bits per heavy atom. The number of hydrogen-bond acceptors (Lipinski definition) is 6. The summed E-state index contributed by atoms with van der Waals surface area (Å²) in [5.41, 5.74) is 5.19. The summed E-state index contributed by atoms with van der Waals surface area (Å²) in [5.74, 6) is -0.265. The van der Waals surface area contributed by atoms with Crippen LogP contribution in [0.15, 0.2) is 79.0 Å². The summed E-state index contributed by atoms with van der Waals surface area (Å²) >= 11 is 0. The molecule has 2 N–H and O–H groups in total. The van der Waals surface area contributed by atoms with Crippen LogP contribution >= 0.6 is 0 Å². The molecule has 4 amide bonds. The zero-order chi connectivity index (χ0) is 31.8. The Labute approximate surface area is 262 Å². The molecule has 2 aliphatic rings. The van der Waals surface area contributed by atoms with E-state index in [4.69, 9.17) is 0 Å². The van der Waals surface area contributed by atoms with Gasteiger partial charge in [0.2, 0.25) is 11.8 Å². The van der Waals surface area contributed by atoms with Crippen LogP contribution in [0.2, 0.25) is 0 Å². The molecule has 232 valence electrons. The molecule has 0 aliphatic carbocycles. The fourth-order valence-corrected chi connectivity index (χ4v) is 6.79. The maximum atomic E-state index is 14.6. The Hall–Kier alpha value is -4.96. The molecule has 2 saturated heterocycles. The Morgan fingerprint density at radius 2 is 1.71 bits per heavy atom. The van der Waals surface area contributed by atoms with Crippen molar-refractivity contribution in [1.29, 1.82) is 0 Å². The summed E-state index contributed by atoms with van der Waals surface area (Å²) < 4.78 is 0. The molecule has 0 radical (unpaired) electrons. The number of phenolic OH excluding ortho intramolecular Hbond substituents is 1. The van der Waals surface area contributed by atoms with Crippen LogP contribution in [0.1, 0.15) is 34.7 Å². The van der Waals surface area contributed by atoms with Crippen molar-refractivity contribution in [3.63, 3.8) is 0 Å². The molecule has 2 aliphatic heterocycles. The summed E-state index contributed by atoms with van der Waals surface area (Å²) in [6, 6.07) is 21.0. The number of rotatable bonds is 6. The third-order valence-electron chi connectivity index (χ3n) is 9.01. The van der Waals surface area contributed by atoms with Crippen LogP contribution in [-0.4, -0.2) is 79.6 Å². The number of phenols is 1. The Balaban J connectivity index is 1.41. The molecule has 3 aromatic carbocycles. The van der Waals surface area contributed by atoms with Gasteiger partial charge in [0.25, 0.3) is 0 Å². The van der Waals surface area contributed by atoms with E-state index >= 15 is 0 Å². The van der Waals surface area contributed by atoms with E-state index in [1.54, 1.807) is 45.2 Å². The molecule has 45 heavy (non-hydrogen) atoms. The van der Waals surface area contributed by atoms with Crippen LogP contribution in [0.25, 0.3) is 10.9 Å². The molecule has 10 nitrogen and oxygen atoms in total. The number of amides is 4. The van der Waals surface area contributed by atoms with E-state index in [1.807, 2.05) is 81.4 Å². The number of pyridine rings is 1. The molecule has 4 aromatic rings. The first kappa shape index (κ1) is 30.1. The minimum atomic E-state index is -0.860. The highest BCUT2D eigenvalue weighted by Gasteiger charge is 2.54. The van der Waals surface area contributed by atoms with Crippen LogP contribution in [0.3, 0.4) is 0 Å². The predicted octanol–water partition coefficient (Wildman–Crippen LogP) is 4.13. The van der Waals surface area contributed by atoms with Gasteiger partial charge < -0.3 is 20.2 Å². The van der Waals surface area contributed by atoms with Gasteiger partial charge in [-0.15, -0.1) is 0 Å². The highest BCUT2D eigenvalue weighted by molar-refractivity contribution is 5.92. The fourth-order valence-electron chi connectivity index (χ4n) is 6.79. The highest BCUT2D eigenvalue weighted by atomic mass is 16.3. The van der Waals surface area contributed by atoms with Gasteiger partial charge in [-0.1, -0.05) is 54.6 Å². The molecular weight excluding hydrogens is 568 g/mol. The second kappa shape index (κ2) is 12.2. The summed E-state index contributed by atoms with van der Waals surface area (Å²) in [6.07, 6.45) is 1.23. The number of aryl methyl sites for hydroxylation is 2. The first-order chi connectivity index (χ1) is 21.6. The number of benzene rings is 3. The number of para-hydroxylation sites is 1. The zero-order valence-electron chi connectivity index (χ0n) is 26.0. The van der Waals surface area contributed by atoms with Crippen molar-refractivity contribution in [2.24, 2.45) is 0 Å². The molecule has 3 atom stereocenters. The minimum Gasteiger partial charge on any atom is -0.508 e. The molecule has 0 saturated carbocycles. The van der Waals surface area contributed by atoms with E-state index in [1.165, 1.54) is 0 Å². The number of carbonyl (C=O) groups excluding carboxylic acids is 3. The average molecular weight is 607 g/mol. The van der Waals surface area contributed by atoms with Crippen molar-refractivity contribution in [3.05, 3.63) is 107 Å². The fraction of sp³-hybridized carbons (Fsp3) is 0.314. The number of fused-ring (bicyclic) bond motifs is 2. The van der Waals surface area contributed by atoms with E-state index in [-0.39, 0.29) is 43.1 Å². The normalized spacial score (nSPS) is 20.4. The van der Waals surface area contributed by atoms with Gasteiger partial charge in [-0.05, 0) is 66.8 Å². The first-order valence-electron chi connectivity index (χ1n) is 15.2. The lowest BCUT2D eigenvalue weighted by Gasteiger charge is -2.57. The number of carbonyl (C=O) groups is 3. The second-order valence-corrected chi connectivity index (χ2v) is 12.0. The first-order valence-corrected chi connectivity index (χ1v) is 15.2. The molecule has 10 heteroatoms. The van der Waals surface area contributed by atoms with E-state index in [2.05, 4.69) is 10.3 Å². The van der Waals surface area contributed by atoms with Crippen molar-refractivity contribution in [1.82, 2.24) is 30.1 Å². The molecule has 3 heterocycles. The Kier molecular flexibility index (Phi) is 8.16. The SMILES string of the molecule is Cc1cc(O)cc(C)c1CC1C(=O)N(Cc2cccc3cccnc23)C(C)C2N1C(=O)CN(C)N2C(=O)NCc1ccccc1. The van der Waals surface area contributed by atoms with Crippen LogP contribution in [0.4, 0.5) is 4.79 Å². The van der Waals surface area contributed by atoms with Gasteiger partial charge in [0.15, 0.2) is 0 Å². The number of hydrogen-bond donors (Lipinski definition) is 2. The third-order valence-corrected chi connectivity index (χ3v) is 9.01. The number of likely N-dealkylation sites (N-methyl/N-ethyl adjacent to an activating group) is 1. The summed E-state index contributed by atoms with van der Waals surface area (Å²) in [4.78, 5) is 50.3. The van der Waals surface area contributed by atoms with Gasteiger partial charge in [0.05, 0.1) is 18.1 Å². The number of piperazine rings is 1. The largest absolute Gasteiger partial charge is 0.508 e. The number of hydrazine groups is 1. The van der Waals surface area contributed by atoms with Crippen LogP contribution in [0, 0.1) is 13.8 Å². The van der Waals surface area contributed by atoms with Crippen molar-refractivity contribution >= 4 is 28.7 Å². The van der Waals surface area contributed by atoms with Crippen LogP contribution < -0.4 is 5.32 Å². The van der Waals surface area contributed by atoms with Crippen LogP contribution in [0.5, 0.6) is 5.75 Å². The smallest absolute Gasteiger partial charge is 0.334 e. The average Bonchev–Trinajstić information content (AvgIpc) is 3.02. The summed E-state index contributed by atoms with van der Waals surface area (Å²) in [6.45, 7) is 6.21. The maximum Gasteiger partial charge on any atom is 0.334 e. The molecule has 3 unspecified atom stereocenters. The number of nitrogens with one attached hydrogen (secondary N) is 1. The molecule has 0 bridgehead atoms. The van der Waals surface area contributed by atoms with E-state index in [9.17, 15) is 19.5 Å². The number of urea groups is 1. The molecule has 2 fully saturated rings. The second-order valence-electron chi connectivity index (χ2n) is 12.0. The van der Waals surface area contributed by atoms with E-state index < -0.39 is 18.2 Å². The topological polar surface area (TPSA) is 109 Å².